The standard InChI is InChI=1S/C19H18ClF3N2O2/c1-11-4-7-14(10-15(11)20)25-17(27)18(2,3)16(26)24-13-8-5-12(6-9-13)19(21,22)23/h4-10H,1-3H3,(H,24,26)(H,25,27). The van der Waals surface area contributed by atoms with Crippen molar-refractivity contribution < 1.29 is 22.8 Å². The quantitative estimate of drug-likeness (QED) is 0.689. The molecule has 0 radical (unpaired) electrons. The molecule has 2 aromatic rings. The van der Waals surface area contributed by atoms with Gasteiger partial charge in [0.2, 0.25) is 11.8 Å². The molecule has 0 aromatic heterocycles. The van der Waals surface area contributed by atoms with Crippen molar-refractivity contribution in [2.45, 2.75) is 26.9 Å². The fourth-order valence-electron chi connectivity index (χ4n) is 2.09. The zero-order valence-electron chi connectivity index (χ0n) is 14.9. The highest BCUT2D eigenvalue weighted by Gasteiger charge is 2.36. The summed E-state index contributed by atoms with van der Waals surface area (Å²) < 4.78 is 37.8. The predicted molar refractivity (Wildman–Crippen MR) is 98.7 cm³/mol. The van der Waals surface area contributed by atoms with Crippen molar-refractivity contribution in [2.24, 2.45) is 5.41 Å². The molecule has 0 atom stereocenters. The number of alkyl halides is 3. The monoisotopic (exact) mass is 398 g/mol. The van der Waals surface area contributed by atoms with Gasteiger partial charge in [-0.2, -0.15) is 13.2 Å². The summed E-state index contributed by atoms with van der Waals surface area (Å²) in [5.74, 6) is -1.23. The average Bonchev–Trinajstić information content (AvgIpc) is 2.57. The van der Waals surface area contributed by atoms with Crippen LogP contribution in [0.15, 0.2) is 42.5 Å². The van der Waals surface area contributed by atoms with Gasteiger partial charge in [-0.25, -0.2) is 0 Å². The minimum absolute atomic E-state index is 0.159. The number of benzene rings is 2. The topological polar surface area (TPSA) is 58.2 Å². The second kappa shape index (κ2) is 7.60. The van der Waals surface area contributed by atoms with Crippen LogP contribution in [0, 0.1) is 12.3 Å². The van der Waals surface area contributed by atoms with E-state index < -0.39 is 29.0 Å². The van der Waals surface area contributed by atoms with E-state index in [-0.39, 0.29) is 5.69 Å². The van der Waals surface area contributed by atoms with Crippen LogP contribution in [0.1, 0.15) is 25.0 Å². The van der Waals surface area contributed by atoms with E-state index in [0.717, 1.165) is 29.8 Å². The van der Waals surface area contributed by atoms with Crippen LogP contribution in [-0.4, -0.2) is 11.8 Å². The SMILES string of the molecule is Cc1ccc(NC(=O)C(C)(C)C(=O)Nc2ccc(C(F)(F)F)cc2)cc1Cl. The molecule has 0 bridgehead atoms. The Morgan fingerprint density at radius 3 is 1.85 bits per heavy atom. The van der Waals surface area contributed by atoms with Crippen LogP contribution in [0.2, 0.25) is 5.02 Å². The molecule has 8 heteroatoms. The number of halogens is 4. The van der Waals surface area contributed by atoms with Gasteiger partial charge in [0.15, 0.2) is 0 Å². The molecule has 2 aromatic carbocycles. The highest BCUT2D eigenvalue weighted by Crippen LogP contribution is 2.30. The Labute approximate surface area is 159 Å². The maximum Gasteiger partial charge on any atom is 0.416 e. The van der Waals surface area contributed by atoms with Crippen molar-refractivity contribution in [1.29, 1.82) is 0 Å². The first-order valence-corrected chi connectivity index (χ1v) is 8.35. The van der Waals surface area contributed by atoms with Gasteiger partial charge >= 0.3 is 6.18 Å². The predicted octanol–water partition coefficient (Wildman–Crippen LogP) is 5.27. The molecule has 27 heavy (non-hydrogen) atoms. The molecule has 0 aliphatic heterocycles. The van der Waals surface area contributed by atoms with Crippen molar-refractivity contribution in [2.75, 3.05) is 10.6 Å². The summed E-state index contributed by atoms with van der Waals surface area (Å²) >= 11 is 6.02. The largest absolute Gasteiger partial charge is 0.416 e. The van der Waals surface area contributed by atoms with E-state index in [1.807, 2.05) is 6.92 Å². The lowest BCUT2D eigenvalue weighted by molar-refractivity contribution is -0.137. The Morgan fingerprint density at radius 2 is 1.37 bits per heavy atom. The molecule has 0 spiro atoms. The fourth-order valence-corrected chi connectivity index (χ4v) is 2.27. The summed E-state index contributed by atoms with van der Waals surface area (Å²) in [6.45, 7) is 4.64. The lowest BCUT2D eigenvalue weighted by Gasteiger charge is -2.23. The number of nitrogens with one attached hydrogen (secondary N) is 2. The van der Waals surface area contributed by atoms with Crippen LogP contribution in [0.25, 0.3) is 0 Å². The molecule has 0 saturated heterocycles. The lowest BCUT2D eigenvalue weighted by Crippen LogP contribution is -2.41. The number of aryl methyl sites for hydroxylation is 1. The smallest absolute Gasteiger partial charge is 0.325 e. The van der Waals surface area contributed by atoms with E-state index in [1.54, 1.807) is 18.2 Å². The Balaban J connectivity index is 2.09. The molecular formula is C19H18ClF3N2O2. The minimum Gasteiger partial charge on any atom is -0.325 e. The van der Waals surface area contributed by atoms with Crippen LogP contribution >= 0.6 is 11.6 Å². The summed E-state index contributed by atoms with van der Waals surface area (Å²) in [4.78, 5) is 24.9. The molecule has 2 N–H and O–H groups in total. The van der Waals surface area contributed by atoms with Gasteiger partial charge in [-0.3, -0.25) is 9.59 Å². The normalized spacial score (nSPS) is 11.8. The number of hydrogen-bond acceptors (Lipinski definition) is 2. The minimum atomic E-state index is -4.46. The first-order chi connectivity index (χ1) is 12.4. The van der Waals surface area contributed by atoms with Crippen LogP contribution in [0.5, 0.6) is 0 Å². The van der Waals surface area contributed by atoms with E-state index in [2.05, 4.69) is 10.6 Å². The number of anilines is 2. The third-order valence-corrected chi connectivity index (χ3v) is 4.44. The molecule has 2 amide bonds. The number of carbonyl (C=O) groups is 2. The number of hydrogen-bond donors (Lipinski definition) is 2. The highest BCUT2D eigenvalue weighted by atomic mass is 35.5. The third kappa shape index (κ3) is 5.01. The Bertz CT molecular complexity index is 862. The Hall–Kier alpha value is -2.54. The van der Waals surface area contributed by atoms with Gasteiger partial charge in [-0.05, 0) is 62.7 Å². The van der Waals surface area contributed by atoms with Gasteiger partial charge in [-0.1, -0.05) is 17.7 Å². The van der Waals surface area contributed by atoms with Crippen molar-refractivity contribution in [3.63, 3.8) is 0 Å². The molecule has 4 nitrogen and oxygen atoms in total. The van der Waals surface area contributed by atoms with Gasteiger partial charge in [0, 0.05) is 16.4 Å². The van der Waals surface area contributed by atoms with Gasteiger partial charge < -0.3 is 10.6 Å². The first kappa shape index (κ1) is 20.8. The fraction of sp³-hybridized carbons (Fsp3) is 0.263. The number of amides is 2. The van der Waals surface area contributed by atoms with Crippen molar-refractivity contribution in [1.82, 2.24) is 0 Å². The second-order valence-corrected chi connectivity index (χ2v) is 6.98. The van der Waals surface area contributed by atoms with Crippen LogP contribution in [0.3, 0.4) is 0 Å². The zero-order chi connectivity index (χ0) is 20.4. The van der Waals surface area contributed by atoms with E-state index in [9.17, 15) is 22.8 Å². The summed E-state index contributed by atoms with van der Waals surface area (Å²) in [6, 6.07) is 8.94. The van der Waals surface area contributed by atoms with Crippen molar-refractivity contribution in [3.05, 3.63) is 58.6 Å². The summed E-state index contributed by atoms with van der Waals surface area (Å²) in [7, 11) is 0. The number of carbonyl (C=O) groups excluding carboxylic acids is 2. The van der Waals surface area contributed by atoms with E-state index >= 15 is 0 Å². The second-order valence-electron chi connectivity index (χ2n) is 6.57. The molecule has 0 unspecified atom stereocenters. The van der Waals surface area contributed by atoms with Crippen LogP contribution < -0.4 is 10.6 Å². The molecular weight excluding hydrogens is 381 g/mol. The van der Waals surface area contributed by atoms with Gasteiger partial charge in [-0.15, -0.1) is 0 Å². The van der Waals surface area contributed by atoms with Crippen LogP contribution in [0.4, 0.5) is 24.5 Å². The van der Waals surface area contributed by atoms with Crippen molar-refractivity contribution >= 4 is 34.8 Å². The molecule has 0 aliphatic carbocycles. The van der Waals surface area contributed by atoms with Crippen molar-refractivity contribution in [3.8, 4) is 0 Å². The Morgan fingerprint density at radius 1 is 0.889 bits per heavy atom. The van der Waals surface area contributed by atoms with E-state index in [4.69, 9.17) is 11.6 Å². The molecule has 0 aliphatic rings. The molecule has 0 saturated carbocycles. The maximum atomic E-state index is 12.6. The van der Waals surface area contributed by atoms with E-state index in [0.29, 0.717) is 10.7 Å². The van der Waals surface area contributed by atoms with Crippen LogP contribution in [-0.2, 0) is 15.8 Å². The van der Waals surface area contributed by atoms with E-state index in [1.165, 1.54) is 13.8 Å². The molecule has 0 heterocycles. The summed E-state index contributed by atoms with van der Waals surface area (Å²) in [5, 5.41) is 5.54. The average molecular weight is 399 g/mol. The third-order valence-electron chi connectivity index (χ3n) is 4.04. The summed E-state index contributed by atoms with van der Waals surface area (Å²) in [5.41, 5.74) is -0.860. The maximum absolute atomic E-state index is 12.6. The summed E-state index contributed by atoms with van der Waals surface area (Å²) in [6.07, 6.45) is -4.46. The van der Waals surface area contributed by atoms with Gasteiger partial charge in [0.25, 0.3) is 0 Å². The zero-order valence-corrected chi connectivity index (χ0v) is 15.6. The van der Waals surface area contributed by atoms with Gasteiger partial charge in [0.05, 0.1) is 5.56 Å². The lowest BCUT2D eigenvalue weighted by atomic mass is 9.90. The molecule has 0 fully saturated rings. The molecule has 144 valence electrons. The Kier molecular flexibility index (Phi) is 5.85. The highest BCUT2D eigenvalue weighted by molar-refractivity contribution is 6.31. The van der Waals surface area contributed by atoms with Gasteiger partial charge in [0.1, 0.15) is 5.41 Å². The first-order valence-electron chi connectivity index (χ1n) is 7.97. The number of rotatable bonds is 4. The molecule has 2 rings (SSSR count).